The van der Waals surface area contributed by atoms with Gasteiger partial charge >= 0.3 is 0 Å². The number of nitrogens with two attached hydrogens (primary N) is 1. The maximum absolute atomic E-state index is 11.3. The van der Waals surface area contributed by atoms with E-state index in [0.29, 0.717) is 17.3 Å². The van der Waals surface area contributed by atoms with Gasteiger partial charge < -0.3 is 5.32 Å². The van der Waals surface area contributed by atoms with Crippen LogP contribution in [0.15, 0.2) is 37.4 Å². The number of primary sulfonamides is 1. The van der Waals surface area contributed by atoms with E-state index in [1.54, 1.807) is 11.3 Å². The van der Waals surface area contributed by atoms with Crippen LogP contribution in [0.5, 0.6) is 0 Å². The first kappa shape index (κ1) is 16.3. The maximum atomic E-state index is 11.3. The third-order valence-electron chi connectivity index (χ3n) is 2.42. The molecule has 108 valence electrons. The summed E-state index contributed by atoms with van der Waals surface area (Å²) in [5, 5.41) is 8.63. The number of thiophene rings is 1. The number of anilines is 1. The highest BCUT2D eigenvalue weighted by Crippen LogP contribution is 2.33. The van der Waals surface area contributed by atoms with Gasteiger partial charge in [-0.3, -0.25) is 0 Å². The molecule has 1 aromatic carbocycles. The van der Waals surface area contributed by atoms with Crippen LogP contribution in [0.1, 0.15) is 4.88 Å². The zero-order chi connectivity index (χ0) is 14.9. The average Bonchev–Trinajstić information content (AvgIpc) is 2.66. The lowest BCUT2D eigenvalue weighted by molar-refractivity contribution is 0.598. The van der Waals surface area contributed by atoms with Gasteiger partial charge in [0, 0.05) is 15.9 Å². The molecule has 3 N–H and O–H groups in total. The minimum atomic E-state index is -3.74. The van der Waals surface area contributed by atoms with Crippen molar-refractivity contribution in [1.29, 1.82) is 0 Å². The lowest BCUT2D eigenvalue weighted by Gasteiger charge is -2.08. The Morgan fingerprint density at radius 2 is 2.00 bits per heavy atom. The Bertz CT molecular complexity index is 727. The molecule has 0 amide bonds. The second-order valence-corrected chi connectivity index (χ2v) is 9.15. The molecular formula is C11H9Br2ClN2O2S2. The summed E-state index contributed by atoms with van der Waals surface area (Å²) < 4.78 is 24.6. The van der Waals surface area contributed by atoms with Crippen molar-refractivity contribution >= 4 is 70.5 Å². The van der Waals surface area contributed by atoms with Crippen molar-refractivity contribution in [2.24, 2.45) is 5.14 Å². The average molecular weight is 461 g/mol. The molecule has 0 fully saturated rings. The van der Waals surface area contributed by atoms with Crippen LogP contribution in [0.2, 0.25) is 5.02 Å². The lowest BCUT2D eigenvalue weighted by Crippen LogP contribution is -2.12. The van der Waals surface area contributed by atoms with Crippen molar-refractivity contribution in [3.63, 3.8) is 0 Å². The fourth-order valence-corrected chi connectivity index (χ4v) is 4.32. The molecule has 0 aliphatic carbocycles. The van der Waals surface area contributed by atoms with Gasteiger partial charge in [-0.1, -0.05) is 11.6 Å². The van der Waals surface area contributed by atoms with E-state index in [4.69, 9.17) is 16.7 Å². The van der Waals surface area contributed by atoms with E-state index in [2.05, 4.69) is 37.2 Å². The molecule has 2 aromatic rings. The first-order valence-corrected chi connectivity index (χ1v) is 9.60. The zero-order valence-electron chi connectivity index (χ0n) is 9.86. The summed E-state index contributed by atoms with van der Waals surface area (Å²) in [6.07, 6.45) is 0. The number of hydrogen-bond acceptors (Lipinski definition) is 4. The summed E-state index contributed by atoms with van der Waals surface area (Å²) in [4.78, 5) is 1.10. The fraction of sp³-hybridized carbons (Fsp3) is 0.0909. The minimum Gasteiger partial charge on any atom is -0.379 e. The number of halogens is 3. The summed E-state index contributed by atoms with van der Waals surface area (Å²) in [6, 6.07) is 6.28. The molecule has 0 aliphatic rings. The standard InChI is InChI=1S/C11H9Br2ClN2O2S2/c12-8-3-6(19-11(8)13)5-16-10-4-7(20(15,17)18)1-2-9(10)14/h1-4,16H,5H2,(H2,15,17,18). The molecule has 2 rings (SSSR count). The van der Waals surface area contributed by atoms with Crippen molar-refractivity contribution in [3.05, 3.63) is 42.4 Å². The summed E-state index contributed by atoms with van der Waals surface area (Å²) in [5.41, 5.74) is 0.527. The molecule has 0 radical (unpaired) electrons. The number of nitrogens with one attached hydrogen (secondary N) is 1. The SMILES string of the molecule is NS(=O)(=O)c1ccc(Cl)c(NCc2cc(Br)c(Br)s2)c1. The quantitative estimate of drug-likeness (QED) is 0.719. The minimum absolute atomic E-state index is 0.0259. The molecule has 0 spiro atoms. The second-order valence-electron chi connectivity index (χ2n) is 3.87. The van der Waals surface area contributed by atoms with E-state index < -0.39 is 10.0 Å². The van der Waals surface area contributed by atoms with Gasteiger partial charge in [0.15, 0.2) is 0 Å². The van der Waals surface area contributed by atoms with E-state index in [0.717, 1.165) is 13.1 Å². The third-order valence-corrected chi connectivity index (χ3v) is 6.91. The van der Waals surface area contributed by atoms with Crippen LogP contribution >= 0.6 is 54.8 Å². The van der Waals surface area contributed by atoms with E-state index in [9.17, 15) is 8.42 Å². The topological polar surface area (TPSA) is 72.2 Å². The van der Waals surface area contributed by atoms with Gasteiger partial charge in [-0.05, 0) is 56.1 Å². The fourth-order valence-electron chi connectivity index (χ4n) is 1.48. The molecule has 0 aliphatic heterocycles. The van der Waals surface area contributed by atoms with E-state index in [1.165, 1.54) is 18.2 Å². The Labute approximate surface area is 142 Å². The highest BCUT2D eigenvalue weighted by atomic mass is 79.9. The largest absolute Gasteiger partial charge is 0.379 e. The van der Waals surface area contributed by atoms with E-state index >= 15 is 0 Å². The zero-order valence-corrected chi connectivity index (χ0v) is 15.4. The van der Waals surface area contributed by atoms with Gasteiger partial charge in [0.1, 0.15) is 0 Å². The summed E-state index contributed by atoms with van der Waals surface area (Å²) in [7, 11) is -3.74. The number of benzene rings is 1. The Hall–Kier alpha value is -0.120. The van der Waals surface area contributed by atoms with Crippen LogP contribution < -0.4 is 10.5 Å². The molecular weight excluding hydrogens is 452 g/mol. The molecule has 4 nitrogen and oxygen atoms in total. The van der Waals surface area contributed by atoms with E-state index in [1.807, 2.05) is 6.07 Å². The molecule has 1 heterocycles. The Morgan fingerprint density at radius 3 is 2.55 bits per heavy atom. The summed E-state index contributed by atoms with van der Waals surface area (Å²) >= 11 is 14.4. The van der Waals surface area contributed by atoms with Crippen LogP contribution in [0.4, 0.5) is 5.69 Å². The molecule has 0 bridgehead atoms. The predicted octanol–water partition coefficient (Wildman–Crippen LogP) is 4.19. The van der Waals surface area contributed by atoms with Crippen molar-refractivity contribution < 1.29 is 8.42 Å². The first-order valence-electron chi connectivity index (χ1n) is 5.27. The Kier molecular flexibility index (Phi) is 5.14. The predicted molar refractivity (Wildman–Crippen MR) is 89.9 cm³/mol. The van der Waals surface area contributed by atoms with Gasteiger partial charge in [-0.25, -0.2) is 13.6 Å². The highest BCUT2D eigenvalue weighted by molar-refractivity contribution is 9.13. The van der Waals surface area contributed by atoms with Gasteiger partial charge in [0.2, 0.25) is 10.0 Å². The van der Waals surface area contributed by atoms with E-state index in [-0.39, 0.29) is 4.90 Å². The smallest absolute Gasteiger partial charge is 0.238 e. The molecule has 1 aromatic heterocycles. The lowest BCUT2D eigenvalue weighted by atomic mass is 10.3. The first-order chi connectivity index (χ1) is 9.27. The van der Waals surface area contributed by atoms with Crippen molar-refractivity contribution in [2.45, 2.75) is 11.4 Å². The van der Waals surface area contributed by atoms with Crippen molar-refractivity contribution in [1.82, 2.24) is 0 Å². The van der Waals surface area contributed by atoms with Crippen LogP contribution in [-0.4, -0.2) is 8.42 Å². The number of rotatable bonds is 4. The van der Waals surface area contributed by atoms with Gasteiger partial charge in [-0.15, -0.1) is 11.3 Å². The normalized spacial score (nSPS) is 11.6. The molecule has 9 heteroatoms. The van der Waals surface area contributed by atoms with Crippen LogP contribution in [0, 0.1) is 0 Å². The molecule has 0 saturated carbocycles. The van der Waals surface area contributed by atoms with Gasteiger partial charge in [0.05, 0.1) is 19.4 Å². The maximum Gasteiger partial charge on any atom is 0.238 e. The van der Waals surface area contributed by atoms with Crippen LogP contribution in [0.3, 0.4) is 0 Å². The summed E-state index contributed by atoms with van der Waals surface area (Å²) in [6.45, 7) is 0.530. The third kappa shape index (κ3) is 3.96. The van der Waals surface area contributed by atoms with Gasteiger partial charge in [0.25, 0.3) is 0 Å². The molecule has 20 heavy (non-hydrogen) atoms. The summed E-state index contributed by atoms with van der Waals surface area (Å²) in [5.74, 6) is 0. The molecule has 0 saturated heterocycles. The molecule has 0 unspecified atom stereocenters. The number of hydrogen-bond donors (Lipinski definition) is 2. The van der Waals surface area contributed by atoms with Crippen molar-refractivity contribution in [3.8, 4) is 0 Å². The molecule has 0 atom stereocenters. The van der Waals surface area contributed by atoms with Gasteiger partial charge in [-0.2, -0.15) is 0 Å². The second kappa shape index (κ2) is 6.33. The van der Waals surface area contributed by atoms with Crippen LogP contribution in [-0.2, 0) is 16.6 Å². The monoisotopic (exact) mass is 458 g/mol. The number of sulfonamides is 1. The highest BCUT2D eigenvalue weighted by Gasteiger charge is 2.11. The Balaban J connectivity index is 2.21. The Morgan fingerprint density at radius 1 is 1.30 bits per heavy atom. The van der Waals surface area contributed by atoms with Crippen LogP contribution in [0.25, 0.3) is 0 Å². The van der Waals surface area contributed by atoms with Crippen molar-refractivity contribution in [2.75, 3.05) is 5.32 Å².